The Morgan fingerprint density at radius 1 is 0.861 bits per heavy atom. The number of hydrogen-bond donors (Lipinski definition) is 0. The van der Waals surface area contributed by atoms with E-state index in [0.717, 1.165) is 18.5 Å². The van der Waals surface area contributed by atoms with Crippen LogP contribution in [0.3, 0.4) is 0 Å². The Morgan fingerprint density at radius 2 is 1.56 bits per heavy atom. The van der Waals surface area contributed by atoms with E-state index in [-0.39, 0.29) is 5.91 Å². The number of carbonyl (C=O) groups is 1. The molecule has 6 heteroatoms. The first-order chi connectivity index (χ1) is 17.4. The standard InChI is InChI=1S/C30H30N2OS3/c1-4-5-6-7-16-32-24-14-10-21(18-28-29(33)31(3)30(34)36-28)17-26(24)35-27-19-23(13-15-25(27)32)22-11-8-20(2)9-12-22/h8-15,17-19H,4-7,16H2,1-3H3/b28-18-. The molecule has 0 saturated carbocycles. The summed E-state index contributed by atoms with van der Waals surface area (Å²) in [6, 6.07) is 22.1. The molecule has 2 heterocycles. The minimum absolute atomic E-state index is 0.0268. The molecule has 0 radical (unpaired) electrons. The Labute approximate surface area is 228 Å². The predicted octanol–water partition coefficient (Wildman–Crippen LogP) is 8.68. The molecule has 2 aliphatic heterocycles. The van der Waals surface area contributed by atoms with Gasteiger partial charge in [0.05, 0.1) is 16.3 Å². The molecule has 1 fully saturated rings. The van der Waals surface area contributed by atoms with Gasteiger partial charge in [-0.15, -0.1) is 0 Å². The van der Waals surface area contributed by atoms with E-state index in [0.29, 0.717) is 9.23 Å². The number of carbonyl (C=O) groups excluding carboxylic acids is 1. The van der Waals surface area contributed by atoms with Crippen molar-refractivity contribution in [2.45, 2.75) is 49.3 Å². The molecule has 3 nitrogen and oxygen atoms in total. The Hall–Kier alpha value is -2.54. The van der Waals surface area contributed by atoms with Crippen LogP contribution in [-0.2, 0) is 4.79 Å². The molecule has 184 valence electrons. The predicted molar refractivity (Wildman–Crippen MR) is 159 cm³/mol. The van der Waals surface area contributed by atoms with Gasteiger partial charge < -0.3 is 4.90 Å². The van der Waals surface area contributed by atoms with E-state index in [9.17, 15) is 4.79 Å². The highest BCUT2D eigenvalue weighted by molar-refractivity contribution is 8.26. The van der Waals surface area contributed by atoms with Gasteiger partial charge in [0.25, 0.3) is 5.91 Å². The molecule has 1 saturated heterocycles. The first-order valence-corrected chi connectivity index (χ1v) is 14.5. The van der Waals surface area contributed by atoms with Gasteiger partial charge in [-0.2, -0.15) is 0 Å². The van der Waals surface area contributed by atoms with Crippen LogP contribution in [0.1, 0.15) is 43.7 Å². The number of likely N-dealkylation sites (N-methyl/N-ethyl adjacent to an activating group) is 1. The average Bonchev–Trinajstić information content (AvgIpc) is 3.12. The van der Waals surface area contributed by atoms with E-state index < -0.39 is 0 Å². The molecule has 0 aromatic heterocycles. The lowest BCUT2D eigenvalue weighted by atomic mass is 10.0. The van der Waals surface area contributed by atoms with E-state index in [1.807, 2.05) is 17.8 Å². The second kappa shape index (κ2) is 10.8. The number of benzene rings is 3. The van der Waals surface area contributed by atoms with Crippen LogP contribution >= 0.6 is 35.7 Å². The number of rotatable bonds is 7. The van der Waals surface area contributed by atoms with Crippen LogP contribution in [-0.4, -0.2) is 28.7 Å². The van der Waals surface area contributed by atoms with Crippen molar-refractivity contribution in [3.8, 4) is 11.1 Å². The number of amides is 1. The van der Waals surface area contributed by atoms with Crippen LogP contribution in [0.5, 0.6) is 0 Å². The summed E-state index contributed by atoms with van der Waals surface area (Å²) in [5.41, 5.74) is 7.29. The third-order valence-electron chi connectivity index (χ3n) is 6.65. The smallest absolute Gasteiger partial charge is 0.265 e. The van der Waals surface area contributed by atoms with Crippen LogP contribution < -0.4 is 4.90 Å². The fraction of sp³-hybridized carbons (Fsp3) is 0.267. The molecule has 3 aromatic rings. The number of anilines is 2. The summed E-state index contributed by atoms with van der Waals surface area (Å²) in [6.07, 6.45) is 6.87. The zero-order chi connectivity index (χ0) is 25.2. The van der Waals surface area contributed by atoms with Crippen LogP contribution in [0, 0.1) is 6.92 Å². The molecule has 0 aliphatic carbocycles. The van der Waals surface area contributed by atoms with E-state index in [4.69, 9.17) is 12.2 Å². The summed E-state index contributed by atoms with van der Waals surface area (Å²) in [7, 11) is 1.74. The molecular formula is C30H30N2OS3. The van der Waals surface area contributed by atoms with Gasteiger partial charge in [-0.25, -0.2) is 0 Å². The number of fused-ring (bicyclic) bond motifs is 2. The van der Waals surface area contributed by atoms with Gasteiger partial charge in [0.15, 0.2) is 0 Å². The molecule has 0 N–H and O–H groups in total. The zero-order valence-corrected chi connectivity index (χ0v) is 23.4. The van der Waals surface area contributed by atoms with E-state index in [1.165, 1.54) is 68.9 Å². The van der Waals surface area contributed by atoms with Crippen molar-refractivity contribution in [3.63, 3.8) is 0 Å². The maximum Gasteiger partial charge on any atom is 0.265 e. The van der Waals surface area contributed by atoms with E-state index >= 15 is 0 Å². The Kier molecular flexibility index (Phi) is 7.56. The van der Waals surface area contributed by atoms with Gasteiger partial charge in [-0.05, 0) is 60.4 Å². The molecule has 36 heavy (non-hydrogen) atoms. The highest BCUT2D eigenvalue weighted by atomic mass is 32.2. The summed E-state index contributed by atoms with van der Waals surface area (Å²) in [5, 5.41) is 0. The SMILES string of the molecule is CCCCCCN1c2ccc(/C=C3\SC(=S)N(C)C3=O)cc2Sc2cc(-c3ccc(C)cc3)ccc21. The highest BCUT2D eigenvalue weighted by Crippen LogP contribution is 2.50. The van der Waals surface area contributed by atoms with Crippen LogP contribution in [0.25, 0.3) is 17.2 Å². The van der Waals surface area contributed by atoms with Crippen molar-refractivity contribution in [1.82, 2.24) is 4.90 Å². The fourth-order valence-electron chi connectivity index (χ4n) is 4.55. The maximum atomic E-state index is 12.5. The van der Waals surface area contributed by atoms with Gasteiger partial charge in [-0.1, -0.05) is 104 Å². The summed E-state index contributed by atoms with van der Waals surface area (Å²) < 4.78 is 0.606. The molecule has 0 unspecified atom stereocenters. The lowest BCUT2D eigenvalue weighted by Crippen LogP contribution is -2.22. The van der Waals surface area contributed by atoms with E-state index in [1.54, 1.807) is 11.9 Å². The summed E-state index contributed by atoms with van der Waals surface area (Å²) >= 11 is 8.49. The van der Waals surface area contributed by atoms with Crippen molar-refractivity contribution >= 4 is 63.4 Å². The molecule has 0 atom stereocenters. The van der Waals surface area contributed by atoms with Crippen molar-refractivity contribution in [3.05, 3.63) is 76.7 Å². The van der Waals surface area contributed by atoms with Crippen molar-refractivity contribution in [2.24, 2.45) is 0 Å². The van der Waals surface area contributed by atoms with Gasteiger partial charge in [0.2, 0.25) is 0 Å². The molecule has 1 amide bonds. The van der Waals surface area contributed by atoms with Crippen molar-refractivity contribution < 1.29 is 4.79 Å². The Bertz CT molecular complexity index is 1350. The molecular weight excluding hydrogens is 501 g/mol. The molecule has 2 aliphatic rings. The fourth-order valence-corrected chi connectivity index (χ4v) is 6.92. The summed E-state index contributed by atoms with van der Waals surface area (Å²) in [5.74, 6) is -0.0268. The highest BCUT2D eigenvalue weighted by Gasteiger charge is 2.29. The Balaban J connectivity index is 1.50. The molecule has 0 spiro atoms. The minimum atomic E-state index is -0.0268. The minimum Gasteiger partial charge on any atom is -0.340 e. The third kappa shape index (κ3) is 5.13. The summed E-state index contributed by atoms with van der Waals surface area (Å²) in [4.78, 5) is 19.7. The van der Waals surface area contributed by atoms with Gasteiger partial charge in [0, 0.05) is 23.4 Å². The zero-order valence-electron chi connectivity index (χ0n) is 20.9. The van der Waals surface area contributed by atoms with Crippen LogP contribution in [0.15, 0.2) is 75.4 Å². The van der Waals surface area contributed by atoms with Gasteiger partial charge in [0.1, 0.15) is 4.32 Å². The van der Waals surface area contributed by atoms with Crippen LogP contribution in [0.2, 0.25) is 0 Å². The maximum absolute atomic E-state index is 12.5. The lowest BCUT2D eigenvalue weighted by Gasteiger charge is -2.33. The largest absolute Gasteiger partial charge is 0.340 e. The Morgan fingerprint density at radius 3 is 2.25 bits per heavy atom. The topological polar surface area (TPSA) is 23.6 Å². The van der Waals surface area contributed by atoms with Crippen molar-refractivity contribution in [1.29, 1.82) is 0 Å². The normalized spacial score (nSPS) is 16.0. The average molecular weight is 531 g/mol. The number of nitrogens with zero attached hydrogens (tertiary/aromatic N) is 2. The first kappa shape index (κ1) is 25.1. The summed E-state index contributed by atoms with van der Waals surface area (Å²) in [6.45, 7) is 5.37. The van der Waals surface area contributed by atoms with Crippen molar-refractivity contribution in [2.75, 3.05) is 18.5 Å². The number of unbranched alkanes of at least 4 members (excludes halogenated alkanes) is 3. The third-order valence-corrected chi connectivity index (χ3v) is 9.23. The molecule has 0 bridgehead atoms. The molecule has 3 aromatic carbocycles. The number of thioether (sulfide) groups is 1. The first-order valence-electron chi connectivity index (χ1n) is 12.5. The number of hydrogen-bond acceptors (Lipinski definition) is 5. The number of thiocarbonyl (C=S) groups is 1. The second-order valence-electron chi connectivity index (χ2n) is 9.33. The quantitative estimate of drug-likeness (QED) is 0.173. The van der Waals surface area contributed by atoms with Gasteiger partial charge in [-0.3, -0.25) is 9.69 Å². The molecule has 5 rings (SSSR count). The number of aryl methyl sites for hydroxylation is 1. The van der Waals surface area contributed by atoms with Gasteiger partial charge >= 0.3 is 0 Å². The van der Waals surface area contributed by atoms with Crippen LogP contribution in [0.4, 0.5) is 11.4 Å². The lowest BCUT2D eigenvalue weighted by molar-refractivity contribution is -0.121. The van der Waals surface area contributed by atoms with E-state index in [2.05, 4.69) is 79.4 Å². The monoisotopic (exact) mass is 530 g/mol. The second-order valence-corrected chi connectivity index (χ2v) is 12.1.